The summed E-state index contributed by atoms with van der Waals surface area (Å²) in [6.45, 7) is 1.11. The van der Waals surface area contributed by atoms with Crippen molar-refractivity contribution >= 4 is 27.5 Å². The molecule has 0 aliphatic heterocycles. The Bertz CT molecular complexity index is 1080. The first-order chi connectivity index (χ1) is 12.8. The number of nitrogens with one attached hydrogen (secondary N) is 2. The van der Waals surface area contributed by atoms with Gasteiger partial charge >= 0.3 is 0 Å². The lowest BCUT2D eigenvalue weighted by molar-refractivity contribution is -0.117. The lowest BCUT2D eigenvalue weighted by atomic mass is 10.2. The molecule has 1 heterocycles. The van der Waals surface area contributed by atoms with Crippen LogP contribution in [0.3, 0.4) is 0 Å². The summed E-state index contributed by atoms with van der Waals surface area (Å²) in [5, 5.41) is 13.5. The summed E-state index contributed by atoms with van der Waals surface area (Å²) >= 11 is 0. The highest BCUT2D eigenvalue weighted by atomic mass is 32.2. The first-order valence-electron chi connectivity index (χ1n) is 7.63. The van der Waals surface area contributed by atoms with Gasteiger partial charge in [-0.2, -0.15) is 0 Å². The molecular weight excluding hydrogens is 372 g/mol. The molecule has 0 aliphatic carbocycles. The second-order valence-electron chi connectivity index (χ2n) is 5.44. The number of tetrazole rings is 1. The predicted octanol–water partition coefficient (Wildman–Crippen LogP) is 0.739. The zero-order valence-electron chi connectivity index (χ0n) is 14.0. The molecule has 1 aromatic heterocycles. The van der Waals surface area contributed by atoms with Crippen LogP contribution >= 0.6 is 0 Å². The Labute approximate surface area is 154 Å². The van der Waals surface area contributed by atoms with Crippen LogP contribution in [0.15, 0.2) is 59.8 Å². The fourth-order valence-electron chi connectivity index (χ4n) is 2.24. The highest BCUT2D eigenvalue weighted by molar-refractivity contribution is 7.90. The number of anilines is 1. The lowest BCUT2D eigenvalue weighted by Gasteiger charge is -2.08. The van der Waals surface area contributed by atoms with Crippen LogP contribution in [-0.2, 0) is 14.8 Å². The maximum Gasteiger partial charge on any atom is 0.264 e. The Morgan fingerprint density at radius 1 is 1.07 bits per heavy atom. The van der Waals surface area contributed by atoms with Crippen LogP contribution in [0.5, 0.6) is 0 Å². The number of hydrogen-bond acceptors (Lipinski definition) is 7. The number of rotatable bonds is 5. The molecule has 0 atom stereocenters. The average Bonchev–Trinajstić information content (AvgIpc) is 3.16. The molecule has 11 heteroatoms. The largest absolute Gasteiger partial charge is 0.322 e. The lowest BCUT2D eigenvalue weighted by Crippen LogP contribution is -2.28. The van der Waals surface area contributed by atoms with Crippen molar-refractivity contribution in [3.63, 3.8) is 0 Å². The third-order valence-electron chi connectivity index (χ3n) is 3.42. The van der Waals surface area contributed by atoms with Gasteiger partial charge < -0.3 is 5.32 Å². The smallest absolute Gasteiger partial charge is 0.264 e. The van der Waals surface area contributed by atoms with E-state index in [1.807, 2.05) is 4.72 Å². The van der Waals surface area contributed by atoms with Gasteiger partial charge in [0.05, 0.1) is 10.6 Å². The Balaban J connectivity index is 1.75. The highest BCUT2D eigenvalue weighted by Crippen LogP contribution is 2.16. The van der Waals surface area contributed by atoms with Crippen LogP contribution < -0.4 is 10.0 Å². The van der Waals surface area contributed by atoms with Gasteiger partial charge in [0.1, 0.15) is 6.33 Å². The van der Waals surface area contributed by atoms with Gasteiger partial charge in [-0.05, 0) is 52.9 Å². The molecule has 2 amide bonds. The standard InChI is InChI=1S/C16H14N6O4S/c1-11(23)19-27(25,26)15-7-5-13(6-8-15)18-16(24)12-3-2-4-14(9-12)22-10-17-20-21-22/h2-10H,1H3,(H,18,24)(H,19,23). The van der Waals surface area contributed by atoms with Gasteiger partial charge in [-0.1, -0.05) is 6.07 Å². The third kappa shape index (κ3) is 4.33. The molecule has 0 aliphatic rings. The van der Waals surface area contributed by atoms with Gasteiger partial charge in [0, 0.05) is 18.2 Å². The first-order valence-corrected chi connectivity index (χ1v) is 9.12. The predicted molar refractivity (Wildman–Crippen MR) is 94.6 cm³/mol. The van der Waals surface area contributed by atoms with Gasteiger partial charge in [0.25, 0.3) is 15.9 Å². The number of sulfonamides is 1. The van der Waals surface area contributed by atoms with Gasteiger partial charge in [0.2, 0.25) is 5.91 Å². The Morgan fingerprint density at radius 3 is 2.44 bits per heavy atom. The Kier molecular flexibility index (Phi) is 4.94. The van der Waals surface area contributed by atoms with Crippen molar-refractivity contribution in [2.24, 2.45) is 0 Å². The minimum absolute atomic E-state index is 0.0867. The molecule has 3 aromatic rings. The molecule has 27 heavy (non-hydrogen) atoms. The molecule has 2 N–H and O–H groups in total. The van der Waals surface area contributed by atoms with E-state index in [9.17, 15) is 18.0 Å². The van der Waals surface area contributed by atoms with Gasteiger partial charge in [-0.25, -0.2) is 17.8 Å². The van der Waals surface area contributed by atoms with Crippen molar-refractivity contribution in [1.29, 1.82) is 0 Å². The molecule has 10 nitrogen and oxygen atoms in total. The summed E-state index contributed by atoms with van der Waals surface area (Å²) in [5.74, 6) is -1.07. The average molecular weight is 386 g/mol. The molecule has 0 saturated carbocycles. The zero-order chi connectivity index (χ0) is 19.4. The minimum Gasteiger partial charge on any atom is -0.322 e. The van der Waals surface area contributed by atoms with E-state index in [4.69, 9.17) is 0 Å². The Morgan fingerprint density at radius 2 is 1.81 bits per heavy atom. The topological polar surface area (TPSA) is 136 Å². The molecule has 2 aromatic carbocycles. The highest BCUT2D eigenvalue weighted by Gasteiger charge is 2.15. The fourth-order valence-corrected chi connectivity index (χ4v) is 3.23. The van der Waals surface area contributed by atoms with Crippen molar-refractivity contribution in [2.75, 3.05) is 5.32 Å². The van der Waals surface area contributed by atoms with E-state index in [1.165, 1.54) is 35.3 Å². The zero-order valence-corrected chi connectivity index (χ0v) is 14.8. The summed E-state index contributed by atoms with van der Waals surface area (Å²) in [4.78, 5) is 23.3. The number of carbonyl (C=O) groups excluding carboxylic acids is 2. The van der Waals surface area contributed by atoms with Crippen LogP contribution in [0.2, 0.25) is 0 Å². The van der Waals surface area contributed by atoms with E-state index in [2.05, 4.69) is 20.8 Å². The fraction of sp³-hybridized carbons (Fsp3) is 0.0625. The van der Waals surface area contributed by atoms with Crippen molar-refractivity contribution in [3.8, 4) is 5.69 Å². The van der Waals surface area contributed by atoms with E-state index in [0.717, 1.165) is 6.92 Å². The molecule has 0 saturated heterocycles. The van der Waals surface area contributed by atoms with Gasteiger partial charge in [0.15, 0.2) is 0 Å². The van der Waals surface area contributed by atoms with Crippen LogP contribution in [-0.4, -0.2) is 40.4 Å². The maximum absolute atomic E-state index is 12.4. The number of hydrogen-bond donors (Lipinski definition) is 2. The maximum atomic E-state index is 12.4. The normalized spacial score (nSPS) is 11.0. The quantitative estimate of drug-likeness (QED) is 0.660. The molecule has 0 bridgehead atoms. The number of aromatic nitrogens is 4. The summed E-state index contributed by atoms with van der Waals surface area (Å²) < 4.78 is 27.1. The molecule has 0 fully saturated rings. The molecule has 3 rings (SSSR count). The summed E-state index contributed by atoms with van der Waals surface area (Å²) in [7, 11) is -3.92. The molecule has 138 valence electrons. The van der Waals surface area contributed by atoms with Crippen molar-refractivity contribution in [3.05, 3.63) is 60.4 Å². The monoisotopic (exact) mass is 386 g/mol. The third-order valence-corrected chi connectivity index (χ3v) is 4.87. The summed E-state index contributed by atoms with van der Waals surface area (Å²) in [6.07, 6.45) is 1.41. The SMILES string of the molecule is CC(=O)NS(=O)(=O)c1ccc(NC(=O)c2cccc(-n3cnnn3)c2)cc1. The van der Waals surface area contributed by atoms with E-state index in [0.29, 0.717) is 16.9 Å². The van der Waals surface area contributed by atoms with Crippen LogP contribution in [0.25, 0.3) is 5.69 Å². The second kappa shape index (κ2) is 7.33. The van der Waals surface area contributed by atoms with Crippen LogP contribution in [0.1, 0.15) is 17.3 Å². The minimum atomic E-state index is -3.92. The van der Waals surface area contributed by atoms with E-state index >= 15 is 0 Å². The molecule has 0 spiro atoms. The summed E-state index contributed by atoms with van der Waals surface area (Å²) in [5.41, 5.74) is 1.39. The van der Waals surface area contributed by atoms with Crippen LogP contribution in [0, 0.1) is 0 Å². The van der Waals surface area contributed by atoms with Crippen LogP contribution in [0.4, 0.5) is 5.69 Å². The second-order valence-corrected chi connectivity index (χ2v) is 7.13. The van der Waals surface area contributed by atoms with E-state index in [1.54, 1.807) is 24.3 Å². The van der Waals surface area contributed by atoms with Crippen molar-refractivity contribution < 1.29 is 18.0 Å². The number of carbonyl (C=O) groups is 2. The number of nitrogens with zero attached hydrogens (tertiary/aromatic N) is 4. The van der Waals surface area contributed by atoms with E-state index < -0.39 is 15.9 Å². The van der Waals surface area contributed by atoms with Crippen molar-refractivity contribution in [1.82, 2.24) is 24.9 Å². The van der Waals surface area contributed by atoms with Crippen molar-refractivity contribution in [2.45, 2.75) is 11.8 Å². The number of amides is 2. The van der Waals surface area contributed by atoms with E-state index in [-0.39, 0.29) is 10.8 Å². The van der Waals surface area contributed by atoms with Gasteiger partial charge in [-0.15, -0.1) is 5.10 Å². The van der Waals surface area contributed by atoms with Gasteiger partial charge in [-0.3, -0.25) is 9.59 Å². The Hall–Kier alpha value is -3.60. The molecular formula is C16H14N6O4S. The molecule has 0 unspecified atom stereocenters. The number of benzene rings is 2. The summed E-state index contributed by atoms with van der Waals surface area (Å²) in [6, 6.07) is 12.1. The first kappa shape index (κ1) is 18.2. The molecule has 0 radical (unpaired) electrons.